The van der Waals surface area contributed by atoms with Crippen molar-refractivity contribution in [2.75, 3.05) is 0 Å². The Morgan fingerprint density at radius 1 is 1.33 bits per heavy atom. The van der Waals surface area contributed by atoms with Gasteiger partial charge >= 0.3 is 5.69 Å². The van der Waals surface area contributed by atoms with Gasteiger partial charge in [0, 0.05) is 11.8 Å². The Balaban J connectivity index is 1.71. The number of carbonyl (C=O) groups excluding carboxylic acids is 1. The number of nitrogens with zero attached hydrogens (tertiary/aromatic N) is 2. The Hall–Kier alpha value is -3.09. The molecule has 1 amide bonds. The molecule has 1 aliphatic carbocycles. The minimum absolute atomic E-state index is 0.0109. The number of amides is 1. The molecule has 0 radical (unpaired) electrons. The average Bonchev–Trinajstić information content (AvgIpc) is 3.21. The lowest BCUT2D eigenvalue weighted by molar-refractivity contribution is 0.0914. The summed E-state index contributed by atoms with van der Waals surface area (Å²) in [6, 6.07) is 7.99. The lowest BCUT2D eigenvalue weighted by atomic mass is 9.74. The number of benzene rings is 1. The number of fused-ring (bicyclic) bond motifs is 1. The molecule has 2 aromatic heterocycles. The topological polar surface area (TPSA) is 95.6 Å². The first kappa shape index (κ1) is 17.3. The van der Waals surface area contributed by atoms with Crippen LogP contribution in [0.2, 0.25) is 0 Å². The van der Waals surface area contributed by atoms with Crippen LogP contribution in [0.25, 0.3) is 5.69 Å². The lowest BCUT2D eigenvalue weighted by Crippen LogP contribution is -2.37. The van der Waals surface area contributed by atoms with E-state index in [0.29, 0.717) is 0 Å². The second kappa shape index (κ2) is 6.26. The highest BCUT2D eigenvalue weighted by molar-refractivity contribution is 5.92. The quantitative estimate of drug-likeness (QED) is 0.666. The molecular weight excluding hydrogens is 342 g/mol. The summed E-state index contributed by atoms with van der Waals surface area (Å²) >= 11 is 0. The fraction of sp³-hybridized carbons (Fsp3) is 0.350. The van der Waals surface area contributed by atoms with Gasteiger partial charge in [-0.15, -0.1) is 0 Å². The van der Waals surface area contributed by atoms with Gasteiger partial charge in [0.2, 0.25) is 0 Å². The number of aromatic amines is 2. The third kappa shape index (κ3) is 3.20. The monoisotopic (exact) mass is 365 g/mol. The average molecular weight is 365 g/mol. The minimum atomic E-state index is -0.391. The SMILES string of the molecule is Cc1ccccc1-n1ncc2c1CC(C)(C)C[C@H]2NC(=O)c1c[nH]c(=O)[nH]1. The second-order valence-electron chi connectivity index (χ2n) is 7.97. The molecular formula is C20H23N5O2. The van der Waals surface area contributed by atoms with Crippen LogP contribution < -0.4 is 11.0 Å². The number of nitrogens with one attached hydrogen (secondary N) is 3. The Kier molecular flexibility index (Phi) is 4.02. The standard InChI is InChI=1S/C20H23N5O2/c1-12-6-4-5-7-16(12)25-17-9-20(2,3)8-14(13(17)10-22-25)23-18(26)15-11-21-19(27)24-15/h4-7,10-11,14H,8-9H2,1-3H3,(H,23,26)(H2,21,24,27)/t14-/m1/s1. The maximum Gasteiger partial charge on any atom is 0.323 e. The van der Waals surface area contributed by atoms with Gasteiger partial charge in [-0.1, -0.05) is 32.0 Å². The van der Waals surface area contributed by atoms with E-state index in [1.165, 1.54) is 6.20 Å². The van der Waals surface area contributed by atoms with Gasteiger partial charge in [-0.25, -0.2) is 9.48 Å². The van der Waals surface area contributed by atoms with Crippen molar-refractivity contribution in [1.29, 1.82) is 0 Å². The molecule has 7 nitrogen and oxygen atoms in total. The predicted molar refractivity (Wildman–Crippen MR) is 102 cm³/mol. The molecule has 1 aliphatic rings. The molecule has 0 bridgehead atoms. The van der Waals surface area contributed by atoms with Crippen molar-refractivity contribution in [3.63, 3.8) is 0 Å². The largest absolute Gasteiger partial charge is 0.344 e. The molecule has 0 saturated carbocycles. The summed E-state index contributed by atoms with van der Waals surface area (Å²) in [6.07, 6.45) is 4.93. The van der Waals surface area contributed by atoms with Crippen molar-refractivity contribution in [2.24, 2.45) is 5.41 Å². The highest BCUT2D eigenvalue weighted by Gasteiger charge is 2.36. The van der Waals surface area contributed by atoms with E-state index in [0.717, 1.165) is 35.3 Å². The zero-order valence-corrected chi connectivity index (χ0v) is 15.7. The van der Waals surface area contributed by atoms with Crippen LogP contribution in [0.15, 0.2) is 41.5 Å². The maximum atomic E-state index is 12.5. The van der Waals surface area contributed by atoms with E-state index >= 15 is 0 Å². The Morgan fingerprint density at radius 3 is 2.81 bits per heavy atom. The van der Waals surface area contributed by atoms with Crippen molar-refractivity contribution in [3.05, 3.63) is 69.7 Å². The number of hydrogen-bond donors (Lipinski definition) is 3. The van der Waals surface area contributed by atoms with Crippen LogP contribution in [0, 0.1) is 12.3 Å². The first-order valence-electron chi connectivity index (χ1n) is 9.05. The molecule has 3 aromatic rings. The molecule has 140 valence electrons. The van der Waals surface area contributed by atoms with Gasteiger partial charge < -0.3 is 15.3 Å². The number of aromatic nitrogens is 4. The van der Waals surface area contributed by atoms with Gasteiger partial charge in [-0.3, -0.25) is 4.79 Å². The molecule has 0 fully saturated rings. The fourth-order valence-electron chi connectivity index (χ4n) is 3.87. The van der Waals surface area contributed by atoms with E-state index in [-0.39, 0.29) is 23.1 Å². The van der Waals surface area contributed by atoms with Crippen molar-refractivity contribution < 1.29 is 4.79 Å². The molecule has 7 heteroatoms. The molecule has 27 heavy (non-hydrogen) atoms. The summed E-state index contributed by atoms with van der Waals surface area (Å²) < 4.78 is 1.99. The van der Waals surface area contributed by atoms with Gasteiger partial charge in [-0.05, 0) is 36.8 Å². The molecule has 0 unspecified atom stereocenters. The van der Waals surface area contributed by atoms with Crippen molar-refractivity contribution in [2.45, 2.75) is 39.7 Å². The molecule has 3 N–H and O–H groups in total. The Bertz CT molecular complexity index is 1060. The van der Waals surface area contributed by atoms with E-state index in [1.54, 1.807) is 0 Å². The lowest BCUT2D eigenvalue weighted by Gasteiger charge is -2.36. The highest BCUT2D eigenvalue weighted by Crippen LogP contribution is 2.41. The first-order valence-corrected chi connectivity index (χ1v) is 9.05. The Morgan fingerprint density at radius 2 is 2.11 bits per heavy atom. The van der Waals surface area contributed by atoms with Crippen LogP contribution in [-0.2, 0) is 6.42 Å². The zero-order chi connectivity index (χ0) is 19.2. The van der Waals surface area contributed by atoms with Gasteiger partial charge in [0.1, 0.15) is 5.69 Å². The number of H-pyrrole nitrogens is 2. The van der Waals surface area contributed by atoms with E-state index in [2.05, 4.69) is 53.3 Å². The van der Waals surface area contributed by atoms with Crippen LogP contribution in [0.1, 0.15) is 53.6 Å². The summed E-state index contributed by atoms with van der Waals surface area (Å²) in [5, 5.41) is 7.69. The van der Waals surface area contributed by atoms with E-state index in [1.807, 2.05) is 23.0 Å². The van der Waals surface area contributed by atoms with E-state index in [9.17, 15) is 9.59 Å². The van der Waals surface area contributed by atoms with Crippen LogP contribution in [0.5, 0.6) is 0 Å². The smallest absolute Gasteiger partial charge is 0.323 e. The number of imidazole rings is 1. The normalized spacial score (nSPS) is 18.1. The maximum absolute atomic E-state index is 12.5. The van der Waals surface area contributed by atoms with Gasteiger partial charge in [0.15, 0.2) is 0 Å². The molecule has 4 rings (SSSR count). The number of hydrogen-bond acceptors (Lipinski definition) is 3. The third-order valence-corrected chi connectivity index (χ3v) is 5.17. The van der Waals surface area contributed by atoms with Gasteiger partial charge in [0.25, 0.3) is 5.91 Å². The molecule has 1 atom stereocenters. The number of rotatable bonds is 3. The molecule has 0 aliphatic heterocycles. The van der Waals surface area contributed by atoms with Crippen molar-refractivity contribution in [3.8, 4) is 5.69 Å². The van der Waals surface area contributed by atoms with Crippen LogP contribution >= 0.6 is 0 Å². The van der Waals surface area contributed by atoms with Gasteiger partial charge in [0.05, 0.1) is 23.6 Å². The minimum Gasteiger partial charge on any atom is -0.344 e. The molecule has 0 spiro atoms. The summed E-state index contributed by atoms with van der Waals surface area (Å²) in [5.41, 5.74) is 4.20. The highest BCUT2D eigenvalue weighted by atomic mass is 16.2. The van der Waals surface area contributed by atoms with Gasteiger partial charge in [-0.2, -0.15) is 5.10 Å². The van der Waals surface area contributed by atoms with Crippen molar-refractivity contribution >= 4 is 5.91 Å². The van der Waals surface area contributed by atoms with Crippen molar-refractivity contribution in [1.82, 2.24) is 25.1 Å². The van der Waals surface area contributed by atoms with Crippen LogP contribution in [0.4, 0.5) is 0 Å². The number of carbonyl (C=O) groups is 1. The number of para-hydroxylation sites is 1. The molecule has 2 heterocycles. The van der Waals surface area contributed by atoms with E-state index < -0.39 is 5.69 Å². The second-order valence-corrected chi connectivity index (χ2v) is 7.97. The third-order valence-electron chi connectivity index (χ3n) is 5.17. The molecule has 1 aromatic carbocycles. The summed E-state index contributed by atoms with van der Waals surface area (Å²) in [4.78, 5) is 28.8. The fourth-order valence-corrected chi connectivity index (χ4v) is 3.87. The number of aryl methyl sites for hydroxylation is 1. The summed E-state index contributed by atoms with van der Waals surface area (Å²) in [7, 11) is 0. The summed E-state index contributed by atoms with van der Waals surface area (Å²) in [6.45, 7) is 6.46. The van der Waals surface area contributed by atoms with Crippen LogP contribution in [-0.4, -0.2) is 25.7 Å². The molecule has 0 saturated heterocycles. The van der Waals surface area contributed by atoms with E-state index in [4.69, 9.17) is 0 Å². The Labute approximate surface area is 156 Å². The first-order chi connectivity index (χ1) is 12.8. The van der Waals surface area contributed by atoms with Crippen LogP contribution in [0.3, 0.4) is 0 Å². The predicted octanol–water partition coefficient (Wildman–Crippen LogP) is 2.64. The zero-order valence-electron chi connectivity index (χ0n) is 15.7. The summed E-state index contributed by atoms with van der Waals surface area (Å²) in [5.74, 6) is -0.300.